The Kier molecular flexibility index (Phi) is 2.37. The minimum absolute atomic E-state index is 0.186. The lowest BCUT2D eigenvalue weighted by Crippen LogP contribution is -2.37. The number of aromatic nitrogens is 2. The third-order valence-corrected chi connectivity index (χ3v) is 1.74. The van der Waals surface area contributed by atoms with Gasteiger partial charge in [0.05, 0.1) is 0 Å². The molecule has 0 saturated heterocycles. The summed E-state index contributed by atoms with van der Waals surface area (Å²) in [7, 11) is -4.21. The molecule has 0 spiro atoms. The van der Waals surface area contributed by atoms with E-state index in [1.54, 1.807) is 0 Å². The first-order valence-corrected chi connectivity index (χ1v) is 4.42. The van der Waals surface area contributed by atoms with Crippen molar-refractivity contribution < 1.29 is 17.4 Å². The Balaban J connectivity index is 2.68. The van der Waals surface area contributed by atoms with Crippen LogP contribution in [0.2, 0.25) is 0 Å². The van der Waals surface area contributed by atoms with Gasteiger partial charge < -0.3 is 9.92 Å². The van der Waals surface area contributed by atoms with E-state index in [9.17, 15) is 13.2 Å². The van der Waals surface area contributed by atoms with Crippen LogP contribution in [0.4, 0.5) is 4.79 Å². The number of hydrogen-bond donors (Lipinski definition) is 3. The van der Waals surface area contributed by atoms with E-state index in [2.05, 4.69) is 20.1 Å². The number of carbonyl (C=O) groups is 1. The quantitative estimate of drug-likeness (QED) is 0.566. The Hall–Kier alpha value is -1.77. The second-order valence-electron chi connectivity index (χ2n) is 1.92. The Morgan fingerprint density at radius 3 is 2.85 bits per heavy atom. The number of nitrogens with one attached hydrogen (secondary N) is 2. The van der Waals surface area contributed by atoms with E-state index in [4.69, 9.17) is 0 Å². The standard InChI is InChI=1S/C4H6N4O4S/c5-4(9)8-13(10,11)12-3-1-2-6-7-3/h1-2H,(H,6,7)(H3,5,8,9). The summed E-state index contributed by atoms with van der Waals surface area (Å²) >= 11 is 0. The summed E-state index contributed by atoms with van der Waals surface area (Å²) in [5.74, 6) is -0.186. The average Bonchev–Trinajstić information content (AvgIpc) is 2.34. The summed E-state index contributed by atoms with van der Waals surface area (Å²) in [6.07, 6.45) is 1.36. The van der Waals surface area contributed by atoms with Gasteiger partial charge in [-0.1, -0.05) is 0 Å². The maximum absolute atomic E-state index is 10.8. The van der Waals surface area contributed by atoms with Crippen LogP contribution in [0.1, 0.15) is 0 Å². The van der Waals surface area contributed by atoms with Gasteiger partial charge in [0.1, 0.15) is 0 Å². The van der Waals surface area contributed by atoms with Gasteiger partial charge in [0.2, 0.25) is 0 Å². The zero-order chi connectivity index (χ0) is 9.90. The Labute approximate surface area is 73.3 Å². The van der Waals surface area contributed by atoms with Crippen LogP contribution in [0.15, 0.2) is 12.3 Å². The fourth-order valence-electron chi connectivity index (χ4n) is 0.550. The van der Waals surface area contributed by atoms with Crippen molar-refractivity contribution in [1.82, 2.24) is 14.9 Å². The molecule has 0 saturated carbocycles. The highest BCUT2D eigenvalue weighted by molar-refractivity contribution is 7.85. The molecule has 0 radical (unpaired) electrons. The zero-order valence-corrected chi connectivity index (χ0v) is 7.04. The van der Waals surface area contributed by atoms with Crippen molar-refractivity contribution in [2.75, 3.05) is 0 Å². The van der Waals surface area contributed by atoms with Crippen LogP contribution in [-0.2, 0) is 10.3 Å². The number of primary amides is 1. The third kappa shape index (κ3) is 2.99. The van der Waals surface area contributed by atoms with Crippen LogP contribution in [0, 0.1) is 0 Å². The van der Waals surface area contributed by atoms with Crippen molar-refractivity contribution in [2.24, 2.45) is 5.73 Å². The van der Waals surface area contributed by atoms with Crippen molar-refractivity contribution in [3.05, 3.63) is 12.3 Å². The lowest BCUT2D eigenvalue weighted by molar-refractivity contribution is 0.253. The van der Waals surface area contributed by atoms with Crippen LogP contribution >= 0.6 is 0 Å². The molecule has 0 aliphatic rings. The number of carbonyl (C=O) groups excluding carboxylic acids is 1. The van der Waals surface area contributed by atoms with Crippen LogP contribution in [0.3, 0.4) is 0 Å². The van der Waals surface area contributed by atoms with E-state index in [-0.39, 0.29) is 5.88 Å². The molecule has 9 heteroatoms. The minimum atomic E-state index is -4.21. The lowest BCUT2D eigenvalue weighted by Gasteiger charge is -2.01. The third-order valence-electron chi connectivity index (χ3n) is 0.896. The van der Waals surface area contributed by atoms with E-state index in [1.165, 1.54) is 17.0 Å². The maximum atomic E-state index is 10.8. The molecule has 1 rings (SSSR count). The molecule has 0 atom stereocenters. The molecule has 0 bridgehead atoms. The molecule has 4 N–H and O–H groups in total. The van der Waals surface area contributed by atoms with Crippen LogP contribution in [0.25, 0.3) is 0 Å². The molecule has 1 heterocycles. The van der Waals surface area contributed by atoms with Gasteiger partial charge in [-0.25, -0.2) is 9.52 Å². The number of urea groups is 1. The van der Waals surface area contributed by atoms with Gasteiger partial charge in [-0.2, -0.15) is 8.42 Å². The van der Waals surface area contributed by atoms with E-state index in [0.29, 0.717) is 0 Å². The van der Waals surface area contributed by atoms with E-state index >= 15 is 0 Å². The number of amides is 2. The normalized spacial score (nSPS) is 10.8. The van der Waals surface area contributed by atoms with Crippen LogP contribution < -0.4 is 14.6 Å². The molecular weight excluding hydrogens is 200 g/mol. The Morgan fingerprint density at radius 2 is 2.38 bits per heavy atom. The highest BCUT2D eigenvalue weighted by Gasteiger charge is 2.15. The number of aromatic amines is 1. The van der Waals surface area contributed by atoms with Gasteiger partial charge in [-0.15, -0.1) is 5.10 Å². The van der Waals surface area contributed by atoms with Crippen LogP contribution in [-0.4, -0.2) is 24.6 Å². The summed E-state index contributed by atoms with van der Waals surface area (Å²) in [6, 6.07) is 0.0378. The molecule has 8 nitrogen and oxygen atoms in total. The van der Waals surface area contributed by atoms with Gasteiger partial charge in [-0.3, -0.25) is 5.10 Å². The minimum Gasteiger partial charge on any atom is -0.351 e. The van der Waals surface area contributed by atoms with E-state index in [1.807, 2.05) is 0 Å². The fourth-order valence-corrected chi connectivity index (χ4v) is 1.16. The smallest absolute Gasteiger partial charge is 0.351 e. The molecule has 13 heavy (non-hydrogen) atoms. The Bertz CT molecular complexity index is 382. The molecule has 1 aromatic heterocycles. The van der Waals surface area contributed by atoms with Crippen LogP contribution in [0.5, 0.6) is 5.88 Å². The van der Waals surface area contributed by atoms with E-state index < -0.39 is 16.3 Å². The van der Waals surface area contributed by atoms with Crippen molar-refractivity contribution >= 4 is 16.3 Å². The number of nitrogens with two attached hydrogens (primary N) is 1. The van der Waals surface area contributed by atoms with Gasteiger partial charge in [0.15, 0.2) is 0 Å². The highest BCUT2D eigenvalue weighted by Crippen LogP contribution is 2.04. The second kappa shape index (κ2) is 3.31. The second-order valence-corrected chi connectivity index (χ2v) is 3.20. The molecule has 1 aromatic rings. The molecule has 0 aliphatic heterocycles. The first kappa shape index (κ1) is 9.32. The van der Waals surface area contributed by atoms with Crippen molar-refractivity contribution in [3.63, 3.8) is 0 Å². The maximum Gasteiger partial charge on any atom is 0.412 e. The fraction of sp³-hybridized carbons (Fsp3) is 0. The van der Waals surface area contributed by atoms with E-state index in [0.717, 1.165) is 0 Å². The first-order valence-electron chi connectivity index (χ1n) is 3.01. The summed E-state index contributed by atoms with van der Waals surface area (Å²) in [5.41, 5.74) is 4.57. The molecule has 0 aromatic carbocycles. The number of H-pyrrole nitrogens is 1. The van der Waals surface area contributed by atoms with Gasteiger partial charge in [0.25, 0.3) is 5.88 Å². The largest absolute Gasteiger partial charge is 0.412 e. The number of hydrogen-bond acceptors (Lipinski definition) is 5. The molecule has 72 valence electrons. The first-order chi connectivity index (χ1) is 5.99. The van der Waals surface area contributed by atoms with Gasteiger partial charge in [0, 0.05) is 12.3 Å². The molecule has 2 amide bonds. The van der Waals surface area contributed by atoms with Gasteiger partial charge in [-0.05, 0) is 0 Å². The summed E-state index contributed by atoms with van der Waals surface area (Å²) in [6.45, 7) is 0. The summed E-state index contributed by atoms with van der Waals surface area (Å²) < 4.78 is 27.3. The molecule has 0 aliphatic carbocycles. The summed E-state index contributed by atoms with van der Waals surface area (Å²) in [5, 5.41) is 5.71. The predicted molar refractivity (Wildman–Crippen MR) is 40.9 cm³/mol. The number of rotatable bonds is 3. The predicted octanol–water partition coefficient (Wildman–Crippen LogP) is -1.30. The highest BCUT2D eigenvalue weighted by atomic mass is 32.2. The lowest BCUT2D eigenvalue weighted by atomic mass is 10.7. The van der Waals surface area contributed by atoms with Gasteiger partial charge >= 0.3 is 16.3 Å². The molecule has 0 unspecified atom stereocenters. The number of nitrogens with zero attached hydrogens (tertiary/aromatic N) is 1. The molecular formula is C4H6N4O4S. The average molecular weight is 206 g/mol. The van der Waals surface area contributed by atoms with Crippen molar-refractivity contribution in [1.29, 1.82) is 0 Å². The van der Waals surface area contributed by atoms with Crippen molar-refractivity contribution in [3.8, 4) is 5.88 Å². The van der Waals surface area contributed by atoms with Crippen molar-refractivity contribution in [2.45, 2.75) is 0 Å². The molecule has 0 fully saturated rings. The monoisotopic (exact) mass is 206 g/mol. The zero-order valence-electron chi connectivity index (χ0n) is 6.22. The Morgan fingerprint density at radius 1 is 1.69 bits per heavy atom. The topological polar surface area (TPSA) is 127 Å². The SMILES string of the molecule is NC(=O)NS(=O)(=O)Oc1cc[nH]n1. The summed E-state index contributed by atoms with van der Waals surface area (Å²) in [4.78, 5) is 10.2.